The van der Waals surface area contributed by atoms with Crippen molar-refractivity contribution in [3.63, 3.8) is 0 Å². The van der Waals surface area contributed by atoms with Gasteiger partial charge >= 0.3 is 0 Å². The molecule has 25 heavy (non-hydrogen) atoms. The van der Waals surface area contributed by atoms with Crippen LogP contribution in [0.4, 0.5) is 0 Å². The summed E-state index contributed by atoms with van der Waals surface area (Å²) in [7, 11) is 0. The van der Waals surface area contributed by atoms with Gasteiger partial charge in [-0.2, -0.15) is 0 Å². The zero-order valence-corrected chi connectivity index (χ0v) is 14.5. The Balaban J connectivity index is 1.23. The number of pyridine rings is 1. The number of fused-ring (bicyclic) bond motifs is 1. The molecular formula is C21H25N3O. The van der Waals surface area contributed by atoms with Crippen molar-refractivity contribution in [2.45, 2.75) is 31.7 Å². The van der Waals surface area contributed by atoms with Crippen molar-refractivity contribution < 1.29 is 4.79 Å². The summed E-state index contributed by atoms with van der Waals surface area (Å²) in [5, 5.41) is 3.10. The lowest BCUT2D eigenvalue weighted by Crippen LogP contribution is -2.36. The van der Waals surface area contributed by atoms with Crippen LogP contribution in [0.25, 0.3) is 0 Å². The maximum absolute atomic E-state index is 12.1. The van der Waals surface area contributed by atoms with Crippen LogP contribution in [0, 0.1) is 5.92 Å². The number of hydrogen-bond acceptors (Lipinski definition) is 3. The molecule has 1 aromatic carbocycles. The third kappa shape index (κ3) is 3.90. The molecule has 2 heterocycles. The monoisotopic (exact) mass is 335 g/mol. The second kappa shape index (κ2) is 7.36. The van der Waals surface area contributed by atoms with Crippen molar-refractivity contribution in [3.05, 3.63) is 65.5 Å². The Morgan fingerprint density at radius 2 is 1.88 bits per heavy atom. The van der Waals surface area contributed by atoms with E-state index in [0.29, 0.717) is 18.4 Å². The Morgan fingerprint density at radius 1 is 1.12 bits per heavy atom. The van der Waals surface area contributed by atoms with Crippen molar-refractivity contribution in [1.29, 1.82) is 0 Å². The normalized spacial score (nSPS) is 20.6. The van der Waals surface area contributed by atoms with Gasteiger partial charge in [-0.1, -0.05) is 30.3 Å². The van der Waals surface area contributed by atoms with Gasteiger partial charge in [0.15, 0.2) is 0 Å². The van der Waals surface area contributed by atoms with E-state index in [4.69, 9.17) is 0 Å². The first-order valence-electron chi connectivity index (χ1n) is 9.25. The molecule has 1 amide bonds. The second-order valence-corrected chi connectivity index (χ2v) is 7.28. The predicted octanol–water partition coefficient (Wildman–Crippen LogP) is 2.23. The van der Waals surface area contributed by atoms with E-state index in [1.807, 2.05) is 18.2 Å². The average Bonchev–Trinajstić information content (AvgIpc) is 3.27. The molecule has 4 rings (SSSR count). The highest BCUT2D eigenvalue weighted by Crippen LogP contribution is 2.29. The molecule has 1 atom stereocenters. The summed E-state index contributed by atoms with van der Waals surface area (Å²) in [6.45, 7) is 3.03. The maximum atomic E-state index is 12.1. The molecule has 2 aliphatic rings. The van der Waals surface area contributed by atoms with Crippen molar-refractivity contribution in [3.8, 4) is 0 Å². The van der Waals surface area contributed by atoms with Crippen LogP contribution in [0.5, 0.6) is 0 Å². The predicted molar refractivity (Wildman–Crippen MR) is 98.3 cm³/mol. The largest absolute Gasteiger partial charge is 0.355 e. The third-order valence-electron chi connectivity index (χ3n) is 5.52. The Bertz CT molecular complexity index is 706. The molecule has 1 N–H and O–H groups in total. The quantitative estimate of drug-likeness (QED) is 0.911. The van der Waals surface area contributed by atoms with Crippen molar-refractivity contribution >= 4 is 5.91 Å². The molecule has 1 aliphatic heterocycles. The molecular weight excluding hydrogens is 310 g/mol. The van der Waals surface area contributed by atoms with E-state index in [2.05, 4.69) is 39.5 Å². The number of carbonyl (C=O) groups is 1. The fourth-order valence-corrected chi connectivity index (χ4v) is 4.14. The minimum Gasteiger partial charge on any atom is -0.355 e. The van der Waals surface area contributed by atoms with Crippen LogP contribution in [0.15, 0.2) is 48.7 Å². The van der Waals surface area contributed by atoms with Gasteiger partial charge in [-0.15, -0.1) is 0 Å². The first-order chi connectivity index (χ1) is 12.3. The van der Waals surface area contributed by atoms with Crippen molar-refractivity contribution in [2.24, 2.45) is 5.92 Å². The van der Waals surface area contributed by atoms with Gasteiger partial charge in [0.25, 0.3) is 0 Å². The molecule has 0 saturated carbocycles. The fourth-order valence-electron chi connectivity index (χ4n) is 4.14. The minimum atomic E-state index is 0.0745. The van der Waals surface area contributed by atoms with E-state index < -0.39 is 0 Å². The van der Waals surface area contributed by atoms with Gasteiger partial charge in [0, 0.05) is 31.0 Å². The number of nitrogens with one attached hydrogen (secondary N) is 1. The Labute approximate surface area is 149 Å². The number of carbonyl (C=O) groups excluding carboxylic acids is 1. The highest BCUT2D eigenvalue weighted by Gasteiger charge is 2.32. The van der Waals surface area contributed by atoms with Crippen molar-refractivity contribution in [2.75, 3.05) is 19.6 Å². The van der Waals surface area contributed by atoms with Crippen LogP contribution in [-0.2, 0) is 24.1 Å². The van der Waals surface area contributed by atoms with Crippen LogP contribution < -0.4 is 5.32 Å². The SMILES string of the molecule is O=C(Cc1ccccn1)NC[C@H]1CCN(C2Cc3ccccc3C2)C1. The van der Waals surface area contributed by atoms with E-state index in [-0.39, 0.29) is 5.91 Å². The Morgan fingerprint density at radius 3 is 2.60 bits per heavy atom. The fraction of sp³-hybridized carbons (Fsp3) is 0.429. The zero-order chi connectivity index (χ0) is 17.1. The lowest BCUT2D eigenvalue weighted by atomic mass is 10.1. The zero-order valence-electron chi connectivity index (χ0n) is 14.5. The number of nitrogens with zero attached hydrogens (tertiary/aromatic N) is 2. The summed E-state index contributed by atoms with van der Waals surface area (Å²) in [4.78, 5) is 18.9. The molecule has 0 unspecified atom stereocenters. The maximum Gasteiger partial charge on any atom is 0.226 e. The molecule has 1 fully saturated rings. The first-order valence-corrected chi connectivity index (χ1v) is 9.25. The molecule has 4 nitrogen and oxygen atoms in total. The molecule has 1 aliphatic carbocycles. The minimum absolute atomic E-state index is 0.0745. The number of benzene rings is 1. The van der Waals surface area contributed by atoms with Crippen LogP contribution in [0.3, 0.4) is 0 Å². The number of aromatic nitrogens is 1. The van der Waals surface area contributed by atoms with Gasteiger partial charge in [0.05, 0.1) is 6.42 Å². The van der Waals surface area contributed by atoms with Gasteiger partial charge in [-0.3, -0.25) is 14.7 Å². The van der Waals surface area contributed by atoms with Gasteiger partial charge in [0.2, 0.25) is 5.91 Å². The standard InChI is InChI=1S/C21H25N3O/c25-21(13-19-7-3-4-9-22-19)23-14-16-8-10-24(15-16)20-11-17-5-1-2-6-18(17)12-20/h1-7,9,16,20H,8,10-15H2,(H,23,25)/t16-/m1/s1. The van der Waals surface area contributed by atoms with Gasteiger partial charge in [-0.05, 0) is 55.0 Å². The van der Waals surface area contributed by atoms with E-state index >= 15 is 0 Å². The van der Waals surface area contributed by atoms with E-state index in [0.717, 1.165) is 25.3 Å². The summed E-state index contributed by atoms with van der Waals surface area (Å²) in [5.41, 5.74) is 3.86. The number of amides is 1. The topological polar surface area (TPSA) is 45.2 Å². The third-order valence-corrected chi connectivity index (χ3v) is 5.52. The number of likely N-dealkylation sites (tertiary alicyclic amines) is 1. The van der Waals surface area contributed by atoms with Crippen LogP contribution in [0.1, 0.15) is 23.2 Å². The average molecular weight is 335 g/mol. The molecule has 0 radical (unpaired) electrons. The molecule has 1 aromatic heterocycles. The van der Waals surface area contributed by atoms with E-state index in [9.17, 15) is 4.79 Å². The Hall–Kier alpha value is -2.20. The number of hydrogen-bond donors (Lipinski definition) is 1. The first kappa shape index (κ1) is 16.3. The second-order valence-electron chi connectivity index (χ2n) is 7.28. The van der Waals surface area contributed by atoms with Crippen molar-refractivity contribution in [1.82, 2.24) is 15.2 Å². The molecule has 1 saturated heterocycles. The Kier molecular flexibility index (Phi) is 4.79. The van der Waals surface area contributed by atoms with E-state index in [1.165, 1.54) is 30.4 Å². The van der Waals surface area contributed by atoms with Gasteiger partial charge in [-0.25, -0.2) is 0 Å². The lowest BCUT2D eigenvalue weighted by Gasteiger charge is -2.23. The molecule has 4 heteroatoms. The summed E-state index contributed by atoms with van der Waals surface area (Å²) in [6, 6.07) is 15.2. The summed E-state index contributed by atoms with van der Waals surface area (Å²) in [6.07, 6.45) is 5.63. The number of rotatable bonds is 5. The molecule has 0 spiro atoms. The van der Waals surface area contributed by atoms with Crippen LogP contribution in [-0.4, -0.2) is 41.5 Å². The summed E-state index contributed by atoms with van der Waals surface area (Å²) < 4.78 is 0. The highest BCUT2D eigenvalue weighted by molar-refractivity contribution is 5.78. The summed E-state index contributed by atoms with van der Waals surface area (Å²) in [5.74, 6) is 0.641. The molecule has 130 valence electrons. The lowest BCUT2D eigenvalue weighted by molar-refractivity contribution is -0.120. The van der Waals surface area contributed by atoms with Crippen LogP contribution in [0.2, 0.25) is 0 Å². The molecule has 0 bridgehead atoms. The highest BCUT2D eigenvalue weighted by atomic mass is 16.1. The van der Waals surface area contributed by atoms with E-state index in [1.54, 1.807) is 6.20 Å². The van der Waals surface area contributed by atoms with Gasteiger partial charge in [0.1, 0.15) is 0 Å². The van der Waals surface area contributed by atoms with Crippen LogP contribution >= 0.6 is 0 Å². The molecule has 2 aromatic rings. The smallest absolute Gasteiger partial charge is 0.226 e. The van der Waals surface area contributed by atoms with Gasteiger partial charge < -0.3 is 5.32 Å². The summed E-state index contributed by atoms with van der Waals surface area (Å²) >= 11 is 0.